The van der Waals surface area contributed by atoms with Crippen LogP contribution < -0.4 is 0 Å². The molecular formula is C8H5Cl2FO3. The molecule has 76 valence electrons. The minimum atomic E-state index is -1.88. The molecule has 0 unspecified atom stereocenters. The van der Waals surface area contributed by atoms with E-state index in [2.05, 4.69) is 0 Å². The van der Waals surface area contributed by atoms with Crippen LogP contribution in [0.25, 0.3) is 0 Å². The molecule has 6 heteroatoms. The molecule has 0 fully saturated rings. The zero-order valence-corrected chi connectivity index (χ0v) is 8.18. The molecule has 0 spiro atoms. The number of halogens is 3. The zero-order valence-electron chi connectivity index (χ0n) is 6.67. The van der Waals surface area contributed by atoms with Crippen molar-refractivity contribution in [3.63, 3.8) is 0 Å². The van der Waals surface area contributed by atoms with Crippen LogP contribution in [0.2, 0.25) is 10.0 Å². The summed E-state index contributed by atoms with van der Waals surface area (Å²) < 4.78 is 12.8. The number of hydrogen-bond acceptors (Lipinski definition) is 2. The van der Waals surface area contributed by atoms with E-state index in [1.807, 2.05) is 0 Å². The second kappa shape index (κ2) is 4.13. The summed E-state index contributed by atoms with van der Waals surface area (Å²) in [5.41, 5.74) is -0.260. The van der Waals surface area contributed by atoms with Gasteiger partial charge in [-0.3, -0.25) is 0 Å². The van der Waals surface area contributed by atoms with Crippen molar-refractivity contribution in [2.24, 2.45) is 0 Å². The molecule has 1 aromatic carbocycles. The van der Waals surface area contributed by atoms with Gasteiger partial charge in [-0.25, -0.2) is 9.18 Å². The topological polar surface area (TPSA) is 57.5 Å². The first kappa shape index (κ1) is 11.2. The van der Waals surface area contributed by atoms with Crippen molar-refractivity contribution in [1.29, 1.82) is 0 Å². The van der Waals surface area contributed by atoms with Gasteiger partial charge in [-0.15, -0.1) is 0 Å². The average molecular weight is 239 g/mol. The molecule has 0 heterocycles. The third kappa shape index (κ3) is 2.15. The fourth-order valence-corrected chi connectivity index (χ4v) is 1.33. The number of aliphatic hydroxyl groups excluding tert-OH is 1. The number of carboxylic acid groups (broad SMARTS) is 1. The van der Waals surface area contributed by atoms with Crippen LogP contribution in [0, 0.1) is 5.82 Å². The van der Waals surface area contributed by atoms with Crippen LogP contribution in [0.4, 0.5) is 4.39 Å². The molecule has 14 heavy (non-hydrogen) atoms. The van der Waals surface area contributed by atoms with E-state index in [1.54, 1.807) is 0 Å². The molecule has 0 saturated carbocycles. The highest BCUT2D eigenvalue weighted by Gasteiger charge is 2.21. The van der Waals surface area contributed by atoms with Crippen molar-refractivity contribution >= 4 is 29.2 Å². The lowest BCUT2D eigenvalue weighted by atomic mass is 10.1. The Bertz CT molecular complexity index is 381. The summed E-state index contributed by atoms with van der Waals surface area (Å²) in [6.45, 7) is 0. The van der Waals surface area contributed by atoms with Crippen molar-refractivity contribution in [3.05, 3.63) is 33.6 Å². The first-order valence-corrected chi connectivity index (χ1v) is 4.24. The van der Waals surface area contributed by atoms with Crippen LogP contribution in [0.1, 0.15) is 11.7 Å². The second-order valence-electron chi connectivity index (χ2n) is 2.53. The SMILES string of the molecule is O=C(O)[C@@H](O)c1cc(F)cc(Cl)c1Cl. The Labute approximate surface area is 88.7 Å². The van der Waals surface area contributed by atoms with E-state index in [9.17, 15) is 9.18 Å². The Morgan fingerprint density at radius 3 is 2.50 bits per heavy atom. The number of rotatable bonds is 2. The van der Waals surface area contributed by atoms with Crippen molar-refractivity contribution in [3.8, 4) is 0 Å². The number of carbonyl (C=O) groups is 1. The van der Waals surface area contributed by atoms with Gasteiger partial charge in [-0.05, 0) is 12.1 Å². The van der Waals surface area contributed by atoms with Gasteiger partial charge in [0.25, 0.3) is 0 Å². The number of carboxylic acids is 1. The largest absolute Gasteiger partial charge is 0.479 e. The molecule has 0 aliphatic carbocycles. The summed E-state index contributed by atoms with van der Waals surface area (Å²) in [5, 5.41) is 17.3. The molecule has 0 aliphatic rings. The smallest absolute Gasteiger partial charge is 0.337 e. The van der Waals surface area contributed by atoms with Gasteiger partial charge in [0.15, 0.2) is 6.10 Å². The minimum absolute atomic E-state index is 0.137. The lowest BCUT2D eigenvalue weighted by molar-refractivity contribution is -0.146. The van der Waals surface area contributed by atoms with Gasteiger partial charge in [-0.2, -0.15) is 0 Å². The molecule has 3 nitrogen and oxygen atoms in total. The van der Waals surface area contributed by atoms with Crippen LogP contribution in [0.15, 0.2) is 12.1 Å². The lowest BCUT2D eigenvalue weighted by Crippen LogP contribution is -2.11. The fourth-order valence-electron chi connectivity index (χ4n) is 0.908. The summed E-state index contributed by atoms with van der Waals surface area (Å²) in [6.07, 6.45) is -1.88. The van der Waals surface area contributed by atoms with Crippen molar-refractivity contribution < 1.29 is 19.4 Å². The van der Waals surface area contributed by atoms with Crippen molar-refractivity contribution in [2.75, 3.05) is 0 Å². The molecule has 2 N–H and O–H groups in total. The Balaban J connectivity index is 3.26. The molecule has 1 rings (SSSR count). The molecule has 0 radical (unpaired) electrons. The van der Waals surface area contributed by atoms with E-state index in [4.69, 9.17) is 33.4 Å². The van der Waals surface area contributed by atoms with Crippen molar-refractivity contribution in [1.82, 2.24) is 0 Å². The maximum absolute atomic E-state index is 12.8. The monoisotopic (exact) mass is 238 g/mol. The number of hydrogen-bond donors (Lipinski definition) is 2. The highest BCUT2D eigenvalue weighted by Crippen LogP contribution is 2.31. The van der Waals surface area contributed by atoms with Gasteiger partial charge in [0.05, 0.1) is 10.0 Å². The summed E-state index contributed by atoms with van der Waals surface area (Å²) in [6, 6.07) is 1.76. The normalized spacial score (nSPS) is 12.6. The molecule has 0 bridgehead atoms. The number of aliphatic hydroxyl groups is 1. The Morgan fingerprint density at radius 2 is 2.00 bits per heavy atom. The van der Waals surface area contributed by atoms with E-state index in [-0.39, 0.29) is 15.6 Å². The molecule has 1 atom stereocenters. The number of aliphatic carboxylic acids is 1. The van der Waals surface area contributed by atoms with Gasteiger partial charge >= 0.3 is 5.97 Å². The van der Waals surface area contributed by atoms with Gasteiger partial charge in [-0.1, -0.05) is 23.2 Å². The standard InChI is InChI=1S/C8H5Cl2FO3/c9-5-2-3(11)1-4(6(5)10)7(12)8(13)14/h1-2,7,12H,(H,13,14)/t7-/m0/s1. The molecule has 0 amide bonds. The van der Waals surface area contributed by atoms with Gasteiger partial charge in [0, 0.05) is 5.56 Å². The highest BCUT2D eigenvalue weighted by atomic mass is 35.5. The van der Waals surface area contributed by atoms with Crippen LogP contribution in [-0.2, 0) is 4.79 Å². The Morgan fingerprint density at radius 1 is 1.43 bits per heavy atom. The lowest BCUT2D eigenvalue weighted by Gasteiger charge is -2.09. The van der Waals surface area contributed by atoms with Crippen molar-refractivity contribution in [2.45, 2.75) is 6.10 Å². The van der Waals surface area contributed by atoms with E-state index < -0.39 is 17.9 Å². The van der Waals surface area contributed by atoms with Gasteiger partial charge in [0.2, 0.25) is 0 Å². The van der Waals surface area contributed by atoms with E-state index in [1.165, 1.54) is 0 Å². The Kier molecular flexibility index (Phi) is 3.31. The van der Waals surface area contributed by atoms with E-state index in [0.717, 1.165) is 12.1 Å². The Hall–Kier alpha value is -0.840. The van der Waals surface area contributed by atoms with E-state index in [0.29, 0.717) is 0 Å². The summed E-state index contributed by atoms with van der Waals surface area (Å²) in [5.74, 6) is -2.27. The number of benzene rings is 1. The first-order chi connectivity index (χ1) is 6.43. The highest BCUT2D eigenvalue weighted by molar-refractivity contribution is 6.42. The predicted molar refractivity (Wildman–Crippen MR) is 49.0 cm³/mol. The molecule has 0 aromatic heterocycles. The first-order valence-electron chi connectivity index (χ1n) is 3.48. The third-order valence-electron chi connectivity index (χ3n) is 1.55. The minimum Gasteiger partial charge on any atom is -0.479 e. The molecule has 0 saturated heterocycles. The third-order valence-corrected chi connectivity index (χ3v) is 2.37. The summed E-state index contributed by atoms with van der Waals surface area (Å²) >= 11 is 11.1. The zero-order chi connectivity index (χ0) is 10.9. The quantitative estimate of drug-likeness (QED) is 0.778. The van der Waals surface area contributed by atoms with Crippen LogP contribution in [0.3, 0.4) is 0 Å². The summed E-state index contributed by atoms with van der Waals surface area (Å²) in [7, 11) is 0. The molecule has 1 aromatic rings. The van der Waals surface area contributed by atoms with Crippen LogP contribution in [0.5, 0.6) is 0 Å². The van der Waals surface area contributed by atoms with E-state index >= 15 is 0 Å². The van der Waals surface area contributed by atoms with Gasteiger partial charge < -0.3 is 10.2 Å². The molecule has 0 aliphatic heterocycles. The van der Waals surface area contributed by atoms with Crippen LogP contribution in [-0.4, -0.2) is 16.2 Å². The summed E-state index contributed by atoms with van der Waals surface area (Å²) in [4.78, 5) is 10.4. The van der Waals surface area contributed by atoms with Gasteiger partial charge in [0.1, 0.15) is 5.82 Å². The maximum Gasteiger partial charge on any atom is 0.337 e. The fraction of sp³-hybridized carbons (Fsp3) is 0.125. The van der Waals surface area contributed by atoms with Crippen LogP contribution >= 0.6 is 23.2 Å². The second-order valence-corrected chi connectivity index (χ2v) is 3.32. The average Bonchev–Trinajstić information content (AvgIpc) is 2.09. The molecular weight excluding hydrogens is 234 g/mol. The maximum atomic E-state index is 12.8. The predicted octanol–water partition coefficient (Wildman–Crippen LogP) is 2.25.